The molecule has 104 valence electrons. The predicted octanol–water partition coefficient (Wildman–Crippen LogP) is 3.42. The Balaban J connectivity index is 1.65. The van der Waals surface area contributed by atoms with Crippen LogP contribution < -0.4 is 5.32 Å². The van der Waals surface area contributed by atoms with Gasteiger partial charge in [0.1, 0.15) is 0 Å². The van der Waals surface area contributed by atoms with E-state index in [9.17, 15) is 0 Å². The Kier molecular flexibility index (Phi) is 2.93. The van der Waals surface area contributed by atoms with Gasteiger partial charge in [0.05, 0.1) is 5.92 Å². The summed E-state index contributed by atoms with van der Waals surface area (Å²) >= 11 is 3.48. The molecule has 2 saturated heterocycles. The standard InChI is InChI=1S/C15H16BrN3O/c1-8-6-9(16)2-4-11(8)14-18-15(20-19-14)12-7-10-3-5-13(12)17-10/h2,4,6,10,12-13,17H,3,5,7H2,1H3. The average Bonchev–Trinajstić information content (AvgIpc) is 3.14. The maximum atomic E-state index is 5.53. The molecule has 2 bridgehead atoms. The van der Waals surface area contributed by atoms with E-state index in [0.717, 1.165) is 27.9 Å². The molecular formula is C15H16BrN3O. The highest BCUT2D eigenvalue weighted by atomic mass is 79.9. The third kappa shape index (κ3) is 2.00. The summed E-state index contributed by atoms with van der Waals surface area (Å²) in [6, 6.07) is 7.30. The monoisotopic (exact) mass is 333 g/mol. The van der Waals surface area contributed by atoms with Crippen molar-refractivity contribution in [3.63, 3.8) is 0 Å². The molecule has 0 saturated carbocycles. The lowest BCUT2D eigenvalue weighted by molar-refractivity contribution is 0.329. The second-order valence-corrected chi connectivity index (χ2v) is 6.72. The fourth-order valence-corrected chi connectivity index (χ4v) is 3.95. The lowest BCUT2D eigenvalue weighted by Crippen LogP contribution is -2.21. The third-order valence-electron chi connectivity index (χ3n) is 4.49. The van der Waals surface area contributed by atoms with Gasteiger partial charge in [-0.3, -0.25) is 0 Å². The molecule has 4 nitrogen and oxygen atoms in total. The highest BCUT2D eigenvalue weighted by molar-refractivity contribution is 9.10. The normalized spacial score (nSPS) is 28.2. The lowest BCUT2D eigenvalue weighted by atomic mass is 9.89. The number of benzene rings is 1. The zero-order valence-corrected chi connectivity index (χ0v) is 12.9. The molecule has 1 aromatic heterocycles. The molecule has 2 aromatic rings. The summed E-state index contributed by atoms with van der Waals surface area (Å²) in [6.45, 7) is 2.06. The molecule has 3 atom stereocenters. The van der Waals surface area contributed by atoms with E-state index >= 15 is 0 Å². The Morgan fingerprint density at radius 2 is 2.25 bits per heavy atom. The van der Waals surface area contributed by atoms with E-state index in [2.05, 4.69) is 44.4 Å². The summed E-state index contributed by atoms with van der Waals surface area (Å²) in [5.74, 6) is 1.89. The zero-order chi connectivity index (χ0) is 13.7. The van der Waals surface area contributed by atoms with Crippen LogP contribution in [0.15, 0.2) is 27.2 Å². The van der Waals surface area contributed by atoms with Crippen LogP contribution in [0.25, 0.3) is 11.4 Å². The summed E-state index contributed by atoms with van der Waals surface area (Å²) < 4.78 is 6.60. The van der Waals surface area contributed by atoms with Gasteiger partial charge in [0.25, 0.3) is 0 Å². The number of halogens is 1. The zero-order valence-electron chi connectivity index (χ0n) is 11.3. The molecule has 0 aliphatic carbocycles. The molecule has 3 unspecified atom stereocenters. The molecule has 20 heavy (non-hydrogen) atoms. The number of rotatable bonds is 2. The number of nitrogens with zero attached hydrogens (tertiary/aromatic N) is 2. The van der Waals surface area contributed by atoms with Crippen molar-refractivity contribution < 1.29 is 4.52 Å². The second-order valence-electron chi connectivity index (χ2n) is 5.81. The predicted molar refractivity (Wildman–Crippen MR) is 79.5 cm³/mol. The quantitative estimate of drug-likeness (QED) is 0.914. The van der Waals surface area contributed by atoms with Gasteiger partial charge in [-0.15, -0.1) is 0 Å². The smallest absolute Gasteiger partial charge is 0.231 e. The Hall–Kier alpha value is -1.20. The molecule has 2 aliphatic heterocycles. The van der Waals surface area contributed by atoms with Gasteiger partial charge in [-0.25, -0.2) is 0 Å². The van der Waals surface area contributed by atoms with Crippen LogP contribution in [-0.4, -0.2) is 22.2 Å². The minimum absolute atomic E-state index is 0.394. The second kappa shape index (κ2) is 4.67. The average molecular weight is 334 g/mol. The number of fused-ring (bicyclic) bond motifs is 2. The van der Waals surface area contributed by atoms with Crippen molar-refractivity contribution in [2.75, 3.05) is 0 Å². The van der Waals surface area contributed by atoms with E-state index < -0.39 is 0 Å². The van der Waals surface area contributed by atoms with Crippen LogP contribution in [0.3, 0.4) is 0 Å². The van der Waals surface area contributed by atoms with Crippen LogP contribution in [0.4, 0.5) is 0 Å². The van der Waals surface area contributed by atoms with E-state index in [1.807, 2.05) is 12.1 Å². The molecule has 0 amide bonds. The van der Waals surface area contributed by atoms with E-state index in [0.29, 0.717) is 23.8 Å². The Labute approximate surface area is 126 Å². The van der Waals surface area contributed by atoms with E-state index in [4.69, 9.17) is 4.52 Å². The van der Waals surface area contributed by atoms with Gasteiger partial charge in [-0.2, -0.15) is 4.98 Å². The van der Waals surface area contributed by atoms with Gasteiger partial charge >= 0.3 is 0 Å². The van der Waals surface area contributed by atoms with Gasteiger partial charge in [-0.05, 0) is 49.9 Å². The summed E-state index contributed by atoms with van der Waals surface area (Å²) in [6.07, 6.45) is 3.64. The summed E-state index contributed by atoms with van der Waals surface area (Å²) in [4.78, 5) is 4.64. The first kappa shape index (κ1) is 12.5. The molecule has 1 N–H and O–H groups in total. The number of hydrogen-bond acceptors (Lipinski definition) is 4. The van der Waals surface area contributed by atoms with E-state index in [1.54, 1.807) is 0 Å². The number of nitrogens with one attached hydrogen (secondary N) is 1. The lowest BCUT2D eigenvalue weighted by Gasteiger charge is -2.15. The molecule has 2 aliphatic rings. The fraction of sp³-hybridized carbons (Fsp3) is 0.467. The summed E-state index contributed by atoms with van der Waals surface area (Å²) in [7, 11) is 0. The molecule has 0 radical (unpaired) electrons. The molecule has 3 heterocycles. The minimum atomic E-state index is 0.394. The van der Waals surface area contributed by atoms with Gasteiger partial charge < -0.3 is 9.84 Å². The van der Waals surface area contributed by atoms with Crippen LogP contribution in [0.2, 0.25) is 0 Å². The number of aryl methyl sites for hydroxylation is 1. The molecule has 4 rings (SSSR count). The van der Waals surface area contributed by atoms with Crippen LogP contribution in [0.1, 0.15) is 36.6 Å². The summed E-state index contributed by atoms with van der Waals surface area (Å²) in [5, 5.41) is 7.79. The first-order valence-electron chi connectivity index (χ1n) is 7.07. The SMILES string of the molecule is Cc1cc(Br)ccc1-c1noc(C2CC3CCC2N3)n1. The van der Waals surface area contributed by atoms with E-state index in [-0.39, 0.29) is 0 Å². The number of hydrogen-bond donors (Lipinski definition) is 1. The highest BCUT2D eigenvalue weighted by Gasteiger charge is 2.42. The van der Waals surface area contributed by atoms with Crippen molar-refractivity contribution in [3.05, 3.63) is 34.1 Å². The van der Waals surface area contributed by atoms with Crippen molar-refractivity contribution in [3.8, 4) is 11.4 Å². The maximum Gasteiger partial charge on any atom is 0.231 e. The van der Waals surface area contributed by atoms with Gasteiger partial charge in [0.15, 0.2) is 0 Å². The van der Waals surface area contributed by atoms with E-state index in [1.165, 1.54) is 12.8 Å². The molecule has 0 spiro atoms. The summed E-state index contributed by atoms with van der Waals surface area (Å²) in [5.41, 5.74) is 2.19. The van der Waals surface area contributed by atoms with Crippen LogP contribution in [0.5, 0.6) is 0 Å². The first-order chi connectivity index (χ1) is 9.70. The van der Waals surface area contributed by atoms with Gasteiger partial charge in [-0.1, -0.05) is 21.1 Å². The topological polar surface area (TPSA) is 51.0 Å². The Bertz CT molecular complexity index is 654. The molecular weight excluding hydrogens is 318 g/mol. The Morgan fingerprint density at radius 3 is 2.95 bits per heavy atom. The Morgan fingerprint density at radius 1 is 1.35 bits per heavy atom. The first-order valence-corrected chi connectivity index (χ1v) is 7.86. The molecule has 1 aromatic carbocycles. The van der Waals surface area contributed by atoms with Gasteiger partial charge in [0, 0.05) is 22.1 Å². The molecule has 2 fully saturated rings. The third-order valence-corrected chi connectivity index (χ3v) is 4.98. The fourth-order valence-electron chi connectivity index (χ4n) is 3.47. The van der Waals surface area contributed by atoms with Gasteiger partial charge in [0.2, 0.25) is 11.7 Å². The maximum absolute atomic E-state index is 5.53. The van der Waals surface area contributed by atoms with Crippen LogP contribution in [0, 0.1) is 6.92 Å². The van der Waals surface area contributed by atoms with Crippen molar-refractivity contribution in [1.82, 2.24) is 15.5 Å². The largest absolute Gasteiger partial charge is 0.339 e. The van der Waals surface area contributed by atoms with Crippen molar-refractivity contribution in [2.24, 2.45) is 0 Å². The minimum Gasteiger partial charge on any atom is -0.339 e. The number of aromatic nitrogens is 2. The van der Waals surface area contributed by atoms with Crippen molar-refractivity contribution >= 4 is 15.9 Å². The molecule has 5 heteroatoms. The van der Waals surface area contributed by atoms with Crippen LogP contribution >= 0.6 is 15.9 Å². The van der Waals surface area contributed by atoms with Crippen molar-refractivity contribution in [2.45, 2.75) is 44.2 Å². The highest BCUT2D eigenvalue weighted by Crippen LogP contribution is 2.39. The van der Waals surface area contributed by atoms with Crippen LogP contribution in [-0.2, 0) is 0 Å². The van der Waals surface area contributed by atoms with Crippen molar-refractivity contribution in [1.29, 1.82) is 0 Å².